The lowest BCUT2D eigenvalue weighted by Crippen LogP contribution is -2.49. The van der Waals surface area contributed by atoms with Crippen LogP contribution in [0.5, 0.6) is 0 Å². The molecule has 2 aliphatic rings. The van der Waals surface area contributed by atoms with E-state index in [0.29, 0.717) is 44.6 Å². The topological polar surface area (TPSA) is 76.4 Å². The number of likely N-dealkylation sites (tertiary alicyclic amines) is 1. The average Bonchev–Trinajstić information content (AvgIpc) is 3.10. The van der Waals surface area contributed by atoms with Crippen molar-refractivity contribution in [3.63, 3.8) is 0 Å². The number of benzene rings is 1. The summed E-state index contributed by atoms with van der Waals surface area (Å²) < 4.78 is 40.0. The summed E-state index contributed by atoms with van der Waals surface area (Å²) in [6, 6.07) is 4.86. The van der Waals surface area contributed by atoms with E-state index < -0.39 is 28.8 Å². The number of hydrogen-bond donors (Lipinski definition) is 1. The molecule has 0 radical (unpaired) electrons. The third kappa shape index (κ3) is 4.54. The molecule has 3 rings (SSSR count). The van der Waals surface area contributed by atoms with Crippen molar-refractivity contribution in [2.24, 2.45) is 10.8 Å². The summed E-state index contributed by atoms with van der Waals surface area (Å²) in [6.07, 6.45) is -2.73. The number of carbonyl (C=O) groups is 2. The molecule has 174 valence electrons. The summed E-state index contributed by atoms with van der Waals surface area (Å²) in [7, 11) is 1.55. The quantitative estimate of drug-likeness (QED) is 0.748. The van der Waals surface area contributed by atoms with Crippen molar-refractivity contribution in [2.45, 2.75) is 52.3 Å². The van der Waals surface area contributed by atoms with E-state index in [0.717, 1.165) is 6.07 Å². The van der Waals surface area contributed by atoms with E-state index >= 15 is 0 Å². The van der Waals surface area contributed by atoms with Crippen LogP contribution in [-0.2, 0) is 15.8 Å². The number of piperidine rings is 1. The van der Waals surface area contributed by atoms with E-state index in [1.54, 1.807) is 24.1 Å². The highest BCUT2D eigenvalue weighted by atomic mass is 19.4. The molecule has 0 bridgehead atoms. The molecule has 1 atom stereocenters. The molecule has 9 heteroatoms. The van der Waals surface area contributed by atoms with Crippen molar-refractivity contribution < 1.29 is 22.8 Å². The fourth-order valence-corrected chi connectivity index (χ4v) is 4.76. The van der Waals surface area contributed by atoms with E-state index in [4.69, 9.17) is 5.26 Å². The first kappa shape index (κ1) is 23.9. The Bertz CT molecular complexity index is 938. The zero-order valence-corrected chi connectivity index (χ0v) is 18.8. The van der Waals surface area contributed by atoms with Gasteiger partial charge in [-0.25, -0.2) is 0 Å². The number of nitrogens with zero attached hydrogens (tertiary/aromatic N) is 3. The number of alkyl halides is 3. The average molecular weight is 451 g/mol. The first-order valence-corrected chi connectivity index (χ1v) is 10.7. The minimum absolute atomic E-state index is 0.0766. The summed E-state index contributed by atoms with van der Waals surface area (Å²) in [4.78, 5) is 29.1. The molecule has 32 heavy (non-hydrogen) atoms. The van der Waals surface area contributed by atoms with Gasteiger partial charge in [0.25, 0.3) is 0 Å². The van der Waals surface area contributed by atoms with Gasteiger partial charge in [-0.15, -0.1) is 0 Å². The van der Waals surface area contributed by atoms with Gasteiger partial charge >= 0.3 is 6.18 Å². The molecule has 2 saturated heterocycles. The van der Waals surface area contributed by atoms with Gasteiger partial charge < -0.3 is 15.1 Å². The maximum atomic E-state index is 13.3. The van der Waals surface area contributed by atoms with Crippen LogP contribution >= 0.6 is 0 Å². The molecule has 1 aromatic carbocycles. The van der Waals surface area contributed by atoms with E-state index in [1.807, 2.05) is 25.7 Å². The highest BCUT2D eigenvalue weighted by Gasteiger charge is 2.51. The second-order valence-corrected chi connectivity index (χ2v) is 9.84. The van der Waals surface area contributed by atoms with Gasteiger partial charge in [-0.2, -0.15) is 18.4 Å². The predicted molar refractivity (Wildman–Crippen MR) is 114 cm³/mol. The fourth-order valence-electron chi connectivity index (χ4n) is 4.76. The maximum Gasteiger partial charge on any atom is 0.417 e. The number of likely N-dealkylation sites (N-methyl/N-ethyl adjacent to an activating group) is 1. The van der Waals surface area contributed by atoms with Crippen molar-refractivity contribution in [3.05, 3.63) is 29.3 Å². The molecule has 2 amide bonds. The Balaban J connectivity index is 1.79. The van der Waals surface area contributed by atoms with Crippen molar-refractivity contribution >= 4 is 17.5 Å². The fraction of sp³-hybridized carbons (Fsp3) is 0.609. The number of hydrogen-bond acceptors (Lipinski definition) is 4. The molecule has 0 saturated carbocycles. The lowest BCUT2D eigenvalue weighted by Gasteiger charge is -2.40. The Morgan fingerprint density at radius 2 is 1.81 bits per heavy atom. The largest absolute Gasteiger partial charge is 0.417 e. The molecule has 1 unspecified atom stereocenters. The van der Waals surface area contributed by atoms with Gasteiger partial charge in [0, 0.05) is 37.8 Å². The molecule has 0 aromatic heterocycles. The first-order valence-electron chi connectivity index (χ1n) is 10.7. The van der Waals surface area contributed by atoms with E-state index in [-0.39, 0.29) is 17.2 Å². The highest BCUT2D eigenvalue weighted by molar-refractivity contribution is 5.90. The Hall–Kier alpha value is -2.76. The van der Waals surface area contributed by atoms with Crippen LogP contribution in [0.3, 0.4) is 0 Å². The van der Waals surface area contributed by atoms with Crippen LogP contribution in [-0.4, -0.2) is 49.4 Å². The third-order valence-corrected chi connectivity index (χ3v) is 6.58. The Kier molecular flexibility index (Phi) is 6.20. The first-order chi connectivity index (χ1) is 14.8. The summed E-state index contributed by atoms with van der Waals surface area (Å²) in [5.41, 5.74) is -1.76. The molecule has 2 heterocycles. The number of amides is 2. The standard InChI is InChI=1S/C23H29F3N4O2/c1-21(2,3)20(32)30-14-22(12-18(30)19(31)28-4)7-9-29(10-8-22)16-6-5-15(13-27)17(11-16)23(24,25)26/h5-6,11,18H,7-10,12,14H2,1-4H3,(H,28,31). The Morgan fingerprint density at radius 1 is 1.19 bits per heavy atom. The third-order valence-electron chi connectivity index (χ3n) is 6.58. The number of anilines is 1. The number of nitriles is 1. The molecule has 2 fully saturated rings. The summed E-state index contributed by atoms with van der Waals surface area (Å²) >= 11 is 0. The normalized spacial score (nSPS) is 20.9. The van der Waals surface area contributed by atoms with Crippen LogP contribution in [0.25, 0.3) is 0 Å². The van der Waals surface area contributed by atoms with Gasteiger partial charge in [0.05, 0.1) is 17.2 Å². The monoisotopic (exact) mass is 450 g/mol. The van der Waals surface area contributed by atoms with Crippen molar-refractivity contribution in [3.8, 4) is 6.07 Å². The van der Waals surface area contributed by atoms with E-state index in [1.165, 1.54) is 6.07 Å². The lowest BCUT2D eigenvalue weighted by atomic mass is 9.76. The summed E-state index contributed by atoms with van der Waals surface area (Å²) in [6.45, 7) is 6.98. The molecule has 2 aliphatic heterocycles. The molecule has 1 aromatic rings. The van der Waals surface area contributed by atoms with Crippen molar-refractivity contribution in [2.75, 3.05) is 31.6 Å². The number of halogens is 3. The number of rotatable bonds is 2. The van der Waals surface area contributed by atoms with Gasteiger partial charge in [0.2, 0.25) is 11.8 Å². The zero-order valence-electron chi connectivity index (χ0n) is 18.8. The lowest BCUT2D eigenvalue weighted by molar-refractivity contribution is -0.144. The molecular weight excluding hydrogens is 421 g/mol. The van der Waals surface area contributed by atoms with Gasteiger partial charge in [-0.05, 0) is 42.9 Å². The molecule has 1 spiro atoms. The smallest absolute Gasteiger partial charge is 0.371 e. The Morgan fingerprint density at radius 3 is 2.31 bits per heavy atom. The van der Waals surface area contributed by atoms with E-state index in [9.17, 15) is 22.8 Å². The van der Waals surface area contributed by atoms with Gasteiger partial charge in [0.15, 0.2) is 0 Å². The van der Waals surface area contributed by atoms with Crippen LogP contribution in [0.4, 0.5) is 18.9 Å². The highest BCUT2D eigenvalue weighted by Crippen LogP contribution is 2.45. The molecular formula is C23H29F3N4O2. The summed E-state index contributed by atoms with van der Waals surface area (Å²) in [5, 5.41) is 11.7. The van der Waals surface area contributed by atoms with Gasteiger partial charge in [-0.3, -0.25) is 9.59 Å². The summed E-state index contributed by atoms with van der Waals surface area (Å²) in [5.74, 6) is -0.267. The second-order valence-electron chi connectivity index (χ2n) is 9.84. The van der Waals surface area contributed by atoms with Gasteiger partial charge in [0.1, 0.15) is 6.04 Å². The predicted octanol–water partition coefficient (Wildman–Crippen LogP) is 3.56. The second kappa shape index (κ2) is 8.30. The van der Waals surface area contributed by atoms with E-state index in [2.05, 4.69) is 5.32 Å². The minimum Gasteiger partial charge on any atom is -0.371 e. The van der Waals surface area contributed by atoms with Crippen molar-refractivity contribution in [1.82, 2.24) is 10.2 Å². The minimum atomic E-state index is -4.60. The maximum absolute atomic E-state index is 13.3. The Labute approximate surface area is 186 Å². The zero-order chi connectivity index (χ0) is 23.9. The SMILES string of the molecule is CNC(=O)C1CC2(CCN(c3ccc(C#N)c(C(F)(F)F)c3)CC2)CN1C(=O)C(C)(C)C. The molecule has 1 N–H and O–H groups in total. The number of carbonyl (C=O) groups excluding carboxylic acids is 2. The number of nitrogens with one attached hydrogen (secondary N) is 1. The van der Waals surface area contributed by atoms with Crippen LogP contribution in [0.2, 0.25) is 0 Å². The molecule has 6 nitrogen and oxygen atoms in total. The van der Waals surface area contributed by atoms with Crippen LogP contribution < -0.4 is 10.2 Å². The van der Waals surface area contributed by atoms with Crippen molar-refractivity contribution in [1.29, 1.82) is 5.26 Å². The van der Waals surface area contributed by atoms with Crippen LogP contribution in [0.1, 0.15) is 51.2 Å². The van der Waals surface area contributed by atoms with Gasteiger partial charge in [-0.1, -0.05) is 20.8 Å². The van der Waals surface area contributed by atoms with Crippen LogP contribution in [0, 0.1) is 22.2 Å². The van der Waals surface area contributed by atoms with Crippen LogP contribution in [0.15, 0.2) is 18.2 Å². The molecule has 0 aliphatic carbocycles.